The lowest BCUT2D eigenvalue weighted by Gasteiger charge is -2.41. The van der Waals surface area contributed by atoms with Crippen molar-refractivity contribution in [3.63, 3.8) is 0 Å². The smallest absolute Gasteiger partial charge is 0.0645 e. The van der Waals surface area contributed by atoms with E-state index in [4.69, 9.17) is 4.74 Å². The van der Waals surface area contributed by atoms with Gasteiger partial charge in [-0.05, 0) is 65.3 Å². The summed E-state index contributed by atoms with van der Waals surface area (Å²) in [5.41, 5.74) is 0. The van der Waals surface area contributed by atoms with Crippen molar-refractivity contribution in [3.8, 4) is 0 Å². The summed E-state index contributed by atoms with van der Waals surface area (Å²) in [6, 6.07) is 1.68. The molecule has 4 nitrogen and oxygen atoms in total. The maximum atomic E-state index is 5.20. The summed E-state index contributed by atoms with van der Waals surface area (Å²) in [6.45, 7) is 20.7. The quantitative estimate of drug-likeness (QED) is 0.638. The molecule has 0 aromatic heterocycles. The molecule has 2 saturated heterocycles. The van der Waals surface area contributed by atoms with Crippen molar-refractivity contribution in [2.24, 2.45) is 5.92 Å². The van der Waals surface area contributed by atoms with E-state index in [0.717, 1.165) is 31.2 Å². The van der Waals surface area contributed by atoms with Crippen LogP contribution >= 0.6 is 0 Å². The lowest BCUT2D eigenvalue weighted by molar-refractivity contribution is -0.0738. The van der Waals surface area contributed by atoms with Gasteiger partial charge in [0.25, 0.3) is 0 Å². The van der Waals surface area contributed by atoms with Crippen LogP contribution in [0.1, 0.15) is 73.6 Å². The molecule has 164 valence electrons. The van der Waals surface area contributed by atoms with Crippen LogP contribution in [0.3, 0.4) is 0 Å². The molecule has 4 heteroatoms. The first-order valence-corrected chi connectivity index (χ1v) is 11.8. The van der Waals surface area contributed by atoms with E-state index in [1.807, 2.05) is 27.7 Å². The number of likely N-dealkylation sites (tertiary alicyclic amines) is 1. The Morgan fingerprint density at radius 3 is 1.78 bits per heavy atom. The van der Waals surface area contributed by atoms with Gasteiger partial charge in [-0.25, -0.2) is 0 Å². The van der Waals surface area contributed by atoms with Gasteiger partial charge in [-0.3, -0.25) is 4.90 Å². The number of hydrogen-bond donors (Lipinski definition) is 0. The van der Waals surface area contributed by atoms with Gasteiger partial charge in [0.1, 0.15) is 0 Å². The molecule has 0 N–H and O–H groups in total. The predicted molar refractivity (Wildman–Crippen MR) is 121 cm³/mol. The zero-order chi connectivity index (χ0) is 20.7. The SMILES string of the molecule is CC.CC.CCC1CCN(C2COC2)CC1.CCN(C)CCN(C)C1CC1. The van der Waals surface area contributed by atoms with Crippen molar-refractivity contribution in [1.29, 1.82) is 0 Å². The maximum Gasteiger partial charge on any atom is 0.0645 e. The van der Waals surface area contributed by atoms with E-state index in [9.17, 15) is 0 Å². The first-order valence-electron chi connectivity index (χ1n) is 11.8. The van der Waals surface area contributed by atoms with Gasteiger partial charge < -0.3 is 14.5 Å². The Morgan fingerprint density at radius 2 is 1.41 bits per heavy atom. The largest absolute Gasteiger partial charge is 0.378 e. The Hall–Kier alpha value is -0.160. The van der Waals surface area contributed by atoms with Crippen LogP contribution in [-0.2, 0) is 4.74 Å². The minimum atomic E-state index is 0.766. The van der Waals surface area contributed by atoms with Gasteiger partial charge in [0, 0.05) is 19.1 Å². The molecule has 0 amide bonds. The van der Waals surface area contributed by atoms with E-state index in [1.54, 1.807) is 0 Å². The molecule has 0 atom stereocenters. The van der Waals surface area contributed by atoms with Crippen molar-refractivity contribution in [2.45, 2.75) is 85.7 Å². The standard InChI is InChI=1S/C10H19NO.C9H20N2.2C2H6/c1-2-9-3-5-11(6-4-9)10-7-12-8-10;1-4-10(2)7-8-11(3)9-5-6-9;2*1-2/h9-10H,2-8H2,1H3;9H,4-8H2,1-3H3;2*1-2H3. The number of likely N-dealkylation sites (N-methyl/N-ethyl adjacent to an activating group) is 2. The van der Waals surface area contributed by atoms with Gasteiger partial charge >= 0.3 is 0 Å². The highest BCUT2D eigenvalue weighted by Crippen LogP contribution is 2.25. The average Bonchev–Trinajstić information content (AvgIpc) is 3.54. The molecule has 0 aromatic carbocycles. The highest BCUT2D eigenvalue weighted by molar-refractivity contribution is 4.82. The zero-order valence-electron chi connectivity index (χ0n) is 20.0. The normalized spacial score (nSPS) is 20.7. The molecule has 3 rings (SSSR count). The Morgan fingerprint density at radius 1 is 0.852 bits per heavy atom. The van der Waals surface area contributed by atoms with E-state index in [0.29, 0.717) is 0 Å². The highest BCUT2D eigenvalue weighted by Gasteiger charge is 2.28. The van der Waals surface area contributed by atoms with Gasteiger partial charge in [0.15, 0.2) is 0 Å². The van der Waals surface area contributed by atoms with Crippen LogP contribution in [-0.4, -0.2) is 86.8 Å². The van der Waals surface area contributed by atoms with Gasteiger partial charge in [-0.1, -0.05) is 48.0 Å². The molecule has 0 radical (unpaired) electrons. The number of nitrogens with zero attached hydrogens (tertiary/aromatic N) is 3. The first kappa shape index (κ1) is 26.8. The lowest BCUT2D eigenvalue weighted by atomic mass is 9.93. The third-order valence-electron chi connectivity index (χ3n) is 5.91. The minimum Gasteiger partial charge on any atom is -0.378 e. The van der Waals surface area contributed by atoms with E-state index in [2.05, 4.69) is 42.6 Å². The summed E-state index contributed by atoms with van der Waals surface area (Å²) < 4.78 is 5.20. The summed E-state index contributed by atoms with van der Waals surface area (Å²) in [5, 5.41) is 0. The van der Waals surface area contributed by atoms with Crippen LogP contribution in [0.4, 0.5) is 0 Å². The van der Waals surface area contributed by atoms with Crippen LogP contribution < -0.4 is 0 Å². The van der Waals surface area contributed by atoms with Crippen molar-refractivity contribution in [2.75, 3.05) is 60.0 Å². The van der Waals surface area contributed by atoms with Gasteiger partial charge in [0.05, 0.1) is 19.3 Å². The van der Waals surface area contributed by atoms with Crippen LogP contribution in [0.15, 0.2) is 0 Å². The number of ether oxygens (including phenoxy) is 1. The summed E-state index contributed by atoms with van der Waals surface area (Å²) >= 11 is 0. The number of rotatable bonds is 7. The predicted octanol–water partition coefficient (Wildman–Crippen LogP) is 4.59. The van der Waals surface area contributed by atoms with Crippen LogP contribution in [0, 0.1) is 5.92 Å². The van der Waals surface area contributed by atoms with E-state index in [-0.39, 0.29) is 0 Å². The summed E-state index contributed by atoms with van der Waals surface area (Å²) in [6.07, 6.45) is 7.04. The second kappa shape index (κ2) is 16.8. The topological polar surface area (TPSA) is 19.0 Å². The molecule has 2 heterocycles. The molecule has 2 aliphatic heterocycles. The first-order chi connectivity index (χ1) is 13.1. The Bertz CT molecular complexity index is 311. The fourth-order valence-electron chi connectivity index (χ4n) is 3.34. The van der Waals surface area contributed by atoms with E-state index in [1.165, 1.54) is 64.8 Å². The molecule has 0 unspecified atom stereocenters. The molecule has 1 saturated carbocycles. The van der Waals surface area contributed by atoms with Crippen molar-refractivity contribution >= 4 is 0 Å². The Labute approximate surface area is 171 Å². The van der Waals surface area contributed by atoms with Crippen LogP contribution in [0.25, 0.3) is 0 Å². The molecular formula is C23H51N3O. The second-order valence-electron chi connectivity index (χ2n) is 7.69. The molecule has 0 bridgehead atoms. The monoisotopic (exact) mass is 385 g/mol. The maximum absolute atomic E-state index is 5.20. The summed E-state index contributed by atoms with van der Waals surface area (Å²) in [5.74, 6) is 1.00. The average molecular weight is 386 g/mol. The van der Waals surface area contributed by atoms with Crippen molar-refractivity contribution in [3.05, 3.63) is 0 Å². The third-order valence-corrected chi connectivity index (χ3v) is 5.91. The van der Waals surface area contributed by atoms with Gasteiger partial charge in [-0.2, -0.15) is 0 Å². The molecule has 0 spiro atoms. The molecule has 1 aliphatic carbocycles. The molecule has 3 aliphatic rings. The zero-order valence-corrected chi connectivity index (χ0v) is 20.0. The third kappa shape index (κ3) is 11.4. The second-order valence-corrected chi connectivity index (χ2v) is 7.69. The molecule has 27 heavy (non-hydrogen) atoms. The van der Waals surface area contributed by atoms with Crippen molar-refractivity contribution < 1.29 is 4.74 Å². The highest BCUT2D eigenvalue weighted by atomic mass is 16.5. The minimum absolute atomic E-state index is 0.766. The van der Waals surface area contributed by atoms with Gasteiger partial charge in [-0.15, -0.1) is 0 Å². The van der Waals surface area contributed by atoms with E-state index < -0.39 is 0 Å². The number of hydrogen-bond acceptors (Lipinski definition) is 4. The Kier molecular flexibility index (Phi) is 16.7. The number of piperidine rings is 1. The summed E-state index contributed by atoms with van der Waals surface area (Å²) in [4.78, 5) is 7.45. The molecule has 3 fully saturated rings. The van der Waals surface area contributed by atoms with Crippen LogP contribution in [0.5, 0.6) is 0 Å². The van der Waals surface area contributed by atoms with Gasteiger partial charge in [0.2, 0.25) is 0 Å². The lowest BCUT2D eigenvalue weighted by Crippen LogP contribution is -2.51. The summed E-state index contributed by atoms with van der Waals surface area (Å²) in [7, 11) is 4.42. The van der Waals surface area contributed by atoms with E-state index >= 15 is 0 Å². The molecular weight excluding hydrogens is 334 g/mol. The fraction of sp³-hybridized carbons (Fsp3) is 1.00. The Balaban J connectivity index is 0.000000425. The fourth-order valence-corrected chi connectivity index (χ4v) is 3.34. The van der Waals surface area contributed by atoms with Crippen molar-refractivity contribution in [1.82, 2.24) is 14.7 Å². The molecule has 0 aromatic rings. The van der Waals surface area contributed by atoms with Crippen LogP contribution in [0.2, 0.25) is 0 Å².